The molecule has 2 unspecified atom stereocenters. The molecule has 2 aromatic rings. The molecule has 0 saturated carbocycles. The lowest BCUT2D eigenvalue weighted by atomic mass is 10.0. The van der Waals surface area contributed by atoms with Gasteiger partial charge in [-0.15, -0.1) is 0 Å². The Labute approximate surface area is 151 Å². The summed E-state index contributed by atoms with van der Waals surface area (Å²) >= 11 is 1.65. The first kappa shape index (κ1) is 16.1. The number of benzene rings is 1. The number of rotatable bonds is 4. The molecule has 4 rings (SSSR count). The number of thiophene rings is 1. The molecular formula is C19H20N4OS. The molecule has 5 nitrogen and oxygen atoms in total. The number of nitriles is 1. The Morgan fingerprint density at radius 1 is 1.32 bits per heavy atom. The zero-order valence-electron chi connectivity index (χ0n) is 13.9. The zero-order valence-corrected chi connectivity index (χ0v) is 14.7. The van der Waals surface area contributed by atoms with Crippen molar-refractivity contribution in [2.24, 2.45) is 0 Å². The third-order valence-corrected chi connectivity index (χ3v) is 5.67. The summed E-state index contributed by atoms with van der Waals surface area (Å²) in [4.78, 5) is 14.3. The molecule has 0 radical (unpaired) electrons. The predicted molar refractivity (Wildman–Crippen MR) is 99.6 cm³/mol. The van der Waals surface area contributed by atoms with Gasteiger partial charge >= 0.3 is 0 Å². The molecule has 2 saturated heterocycles. The monoisotopic (exact) mass is 352 g/mol. The second kappa shape index (κ2) is 6.87. The summed E-state index contributed by atoms with van der Waals surface area (Å²) in [6.07, 6.45) is 1.83. The van der Waals surface area contributed by atoms with Crippen molar-refractivity contribution in [1.29, 1.82) is 5.26 Å². The fraction of sp³-hybridized carbons (Fsp3) is 0.368. The molecule has 3 heterocycles. The van der Waals surface area contributed by atoms with E-state index in [1.54, 1.807) is 11.3 Å². The minimum atomic E-state index is -0.0198. The first-order valence-electron chi connectivity index (χ1n) is 8.60. The second-order valence-corrected chi connectivity index (χ2v) is 7.37. The lowest BCUT2D eigenvalue weighted by Gasteiger charge is -2.28. The van der Waals surface area contributed by atoms with Crippen LogP contribution in [0.15, 0.2) is 35.0 Å². The summed E-state index contributed by atoms with van der Waals surface area (Å²) in [5.41, 5.74) is 3.87. The van der Waals surface area contributed by atoms with E-state index in [4.69, 9.17) is 0 Å². The molecule has 2 aliphatic heterocycles. The molecule has 6 heteroatoms. The van der Waals surface area contributed by atoms with Gasteiger partial charge in [-0.1, -0.05) is 6.07 Å². The predicted octanol–water partition coefficient (Wildman–Crippen LogP) is 2.34. The highest BCUT2D eigenvalue weighted by Gasteiger charge is 2.30. The van der Waals surface area contributed by atoms with Gasteiger partial charge in [0.05, 0.1) is 17.3 Å². The van der Waals surface area contributed by atoms with Crippen molar-refractivity contribution in [3.8, 4) is 17.2 Å². The SMILES string of the molecule is N#Cc1cc(-c2ccsc2)ccc1N1CCC(NC(=O)C2CCN2)C1. The van der Waals surface area contributed by atoms with Gasteiger partial charge in [-0.3, -0.25) is 4.79 Å². The highest BCUT2D eigenvalue weighted by atomic mass is 32.1. The minimum absolute atomic E-state index is 0.0198. The zero-order chi connectivity index (χ0) is 17.2. The van der Waals surface area contributed by atoms with Crippen LogP contribution in [0.2, 0.25) is 0 Å². The van der Waals surface area contributed by atoms with Gasteiger partial charge in [-0.25, -0.2) is 0 Å². The average molecular weight is 352 g/mol. The van der Waals surface area contributed by atoms with Gasteiger partial charge in [0, 0.05) is 19.1 Å². The van der Waals surface area contributed by atoms with Crippen molar-refractivity contribution in [3.63, 3.8) is 0 Å². The van der Waals surface area contributed by atoms with Crippen LogP contribution >= 0.6 is 11.3 Å². The van der Waals surface area contributed by atoms with Gasteiger partial charge in [-0.2, -0.15) is 16.6 Å². The minimum Gasteiger partial charge on any atom is -0.368 e. The fourth-order valence-corrected chi connectivity index (χ4v) is 4.09. The number of carbonyl (C=O) groups excluding carboxylic acids is 1. The largest absolute Gasteiger partial charge is 0.368 e. The topological polar surface area (TPSA) is 68.2 Å². The lowest BCUT2D eigenvalue weighted by molar-refractivity contribution is -0.125. The molecule has 2 aliphatic rings. The van der Waals surface area contributed by atoms with E-state index in [2.05, 4.69) is 39.1 Å². The first-order chi connectivity index (χ1) is 12.2. The molecule has 0 bridgehead atoms. The Kier molecular flexibility index (Phi) is 4.43. The maximum absolute atomic E-state index is 12.1. The van der Waals surface area contributed by atoms with Crippen LogP contribution in [0.1, 0.15) is 18.4 Å². The van der Waals surface area contributed by atoms with Gasteiger partial charge in [-0.05, 0) is 59.5 Å². The van der Waals surface area contributed by atoms with Crippen LogP contribution in [-0.4, -0.2) is 37.6 Å². The van der Waals surface area contributed by atoms with Gasteiger partial charge < -0.3 is 15.5 Å². The van der Waals surface area contributed by atoms with E-state index in [0.717, 1.165) is 49.3 Å². The molecule has 1 aromatic carbocycles. The van der Waals surface area contributed by atoms with Crippen LogP contribution in [0.5, 0.6) is 0 Å². The fourth-order valence-electron chi connectivity index (χ4n) is 3.42. The van der Waals surface area contributed by atoms with Gasteiger partial charge in [0.15, 0.2) is 0 Å². The molecule has 0 spiro atoms. The van der Waals surface area contributed by atoms with Gasteiger partial charge in [0.1, 0.15) is 6.07 Å². The highest BCUT2D eigenvalue weighted by molar-refractivity contribution is 7.08. The second-order valence-electron chi connectivity index (χ2n) is 6.59. The Hall–Kier alpha value is -2.36. The van der Waals surface area contributed by atoms with Crippen LogP contribution in [0.3, 0.4) is 0 Å². The quantitative estimate of drug-likeness (QED) is 0.886. The molecule has 2 N–H and O–H groups in total. The van der Waals surface area contributed by atoms with E-state index in [9.17, 15) is 10.1 Å². The molecule has 2 atom stereocenters. The molecule has 1 amide bonds. The normalized spacial score (nSPS) is 22.3. The standard InChI is InChI=1S/C19H20N4OS/c20-10-15-9-13(14-5-8-25-12-14)1-2-18(15)23-7-4-16(11-23)22-19(24)17-3-6-21-17/h1-2,5,8-9,12,16-17,21H,3-4,6-7,11H2,(H,22,24). The van der Waals surface area contributed by atoms with Crippen LogP contribution in [-0.2, 0) is 4.79 Å². The summed E-state index contributed by atoms with van der Waals surface area (Å²) in [5, 5.41) is 20.0. The van der Waals surface area contributed by atoms with Crippen LogP contribution in [0.25, 0.3) is 11.1 Å². The van der Waals surface area contributed by atoms with Crippen LogP contribution in [0, 0.1) is 11.3 Å². The summed E-state index contributed by atoms with van der Waals surface area (Å²) < 4.78 is 0. The number of nitrogens with one attached hydrogen (secondary N) is 2. The molecular weight excluding hydrogens is 332 g/mol. The molecule has 25 heavy (non-hydrogen) atoms. The highest BCUT2D eigenvalue weighted by Crippen LogP contribution is 2.30. The summed E-state index contributed by atoms with van der Waals surface area (Å²) in [7, 11) is 0. The number of amides is 1. The van der Waals surface area contributed by atoms with Gasteiger partial charge in [0.2, 0.25) is 5.91 Å². The molecule has 1 aromatic heterocycles. The number of hydrogen-bond acceptors (Lipinski definition) is 5. The van der Waals surface area contributed by atoms with E-state index >= 15 is 0 Å². The van der Waals surface area contributed by atoms with Gasteiger partial charge in [0.25, 0.3) is 0 Å². The maximum atomic E-state index is 12.1. The van der Waals surface area contributed by atoms with Crippen molar-refractivity contribution in [2.45, 2.75) is 24.9 Å². The van der Waals surface area contributed by atoms with Crippen molar-refractivity contribution in [2.75, 3.05) is 24.5 Å². The molecule has 0 aliphatic carbocycles. The molecule has 2 fully saturated rings. The lowest BCUT2D eigenvalue weighted by Crippen LogP contribution is -2.55. The van der Waals surface area contributed by atoms with E-state index in [1.165, 1.54) is 0 Å². The Bertz CT molecular complexity index is 807. The van der Waals surface area contributed by atoms with Crippen LogP contribution < -0.4 is 15.5 Å². The Balaban J connectivity index is 1.46. The van der Waals surface area contributed by atoms with Crippen molar-refractivity contribution in [3.05, 3.63) is 40.6 Å². The number of hydrogen-bond donors (Lipinski definition) is 2. The summed E-state index contributed by atoms with van der Waals surface area (Å²) in [5.74, 6) is 0.103. The van der Waals surface area contributed by atoms with Crippen molar-refractivity contribution < 1.29 is 4.79 Å². The maximum Gasteiger partial charge on any atom is 0.237 e. The van der Waals surface area contributed by atoms with E-state index in [1.807, 2.05) is 17.5 Å². The first-order valence-corrected chi connectivity index (χ1v) is 9.54. The van der Waals surface area contributed by atoms with E-state index < -0.39 is 0 Å². The smallest absolute Gasteiger partial charge is 0.237 e. The Morgan fingerprint density at radius 3 is 2.88 bits per heavy atom. The summed E-state index contributed by atoms with van der Waals surface area (Å²) in [6, 6.07) is 10.6. The number of carbonyl (C=O) groups is 1. The van der Waals surface area contributed by atoms with Crippen molar-refractivity contribution >= 4 is 22.9 Å². The van der Waals surface area contributed by atoms with Crippen LogP contribution in [0.4, 0.5) is 5.69 Å². The molecule has 128 valence electrons. The number of anilines is 1. The van der Waals surface area contributed by atoms with Crippen molar-refractivity contribution in [1.82, 2.24) is 10.6 Å². The third kappa shape index (κ3) is 3.26. The third-order valence-electron chi connectivity index (χ3n) is 4.99. The number of nitrogens with zero attached hydrogens (tertiary/aromatic N) is 2. The average Bonchev–Trinajstić information content (AvgIpc) is 3.24. The summed E-state index contributed by atoms with van der Waals surface area (Å²) in [6.45, 7) is 2.54. The van der Waals surface area contributed by atoms with E-state index in [0.29, 0.717) is 5.56 Å². The Morgan fingerprint density at radius 2 is 2.20 bits per heavy atom. The van der Waals surface area contributed by atoms with E-state index in [-0.39, 0.29) is 18.0 Å².